The number of amides is 3. The second-order valence-electron chi connectivity index (χ2n) is 7.22. The number of rotatable bonds is 2. The third kappa shape index (κ3) is 1.69. The number of imide groups is 3. The van der Waals surface area contributed by atoms with Gasteiger partial charge in [-0.15, -0.1) is 0 Å². The molecule has 3 fully saturated rings. The van der Waals surface area contributed by atoms with Crippen molar-refractivity contribution in [3.8, 4) is 0 Å². The zero-order valence-electron chi connectivity index (χ0n) is 12.6. The van der Waals surface area contributed by atoms with Gasteiger partial charge < -0.3 is 0 Å². The number of hydrogen-bond donors (Lipinski definition) is 0. The van der Waals surface area contributed by atoms with Crippen LogP contribution in [-0.2, 0) is 20.8 Å². The summed E-state index contributed by atoms with van der Waals surface area (Å²) in [6.07, 6.45) is 5.48. The molecule has 0 spiro atoms. The Morgan fingerprint density at radius 1 is 0.957 bits per heavy atom. The maximum Gasteiger partial charge on any atom is 0.240 e. The summed E-state index contributed by atoms with van der Waals surface area (Å²) < 4.78 is 0. The molecule has 0 unspecified atom stereocenters. The van der Waals surface area contributed by atoms with E-state index in [1.165, 1.54) is 0 Å². The summed E-state index contributed by atoms with van der Waals surface area (Å²) >= 11 is 0. The predicted molar refractivity (Wildman–Crippen MR) is 81.7 cm³/mol. The van der Waals surface area contributed by atoms with Gasteiger partial charge in [0.1, 0.15) is 0 Å². The van der Waals surface area contributed by atoms with Gasteiger partial charge in [0.2, 0.25) is 17.7 Å². The highest BCUT2D eigenvalue weighted by Gasteiger charge is 2.67. The number of carbonyl (C=O) groups is 3. The lowest BCUT2D eigenvalue weighted by Crippen LogP contribution is -2.40. The second kappa shape index (κ2) is 4.40. The van der Waals surface area contributed by atoms with Crippen molar-refractivity contribution in [1.29, 1.82) is 0 Å². The average molecular weight is 307 g/mol. The molecule has 4 aliphatic carbocycles. The van der Waals surface area contributed by atoms with E-state index in [1.807, 2.05) is 30.3 Å². The van der Waals surface area contributed by atoms with Crippen LogP contribution in [0.3, 0.4) is 0 Å². The Morgan fingerprint density at radius 2 is 1.52 bits per heavy atom. The molecule has 0 radical (unpaired) electrons. The van der Waals surface area contributed by atoms with Crippen LogP contribution < -0.4 is 0 Å². The fourth-order valence-electron chi connectivity index (χ4n) is 5.05. The van der Waals surface area contributed by atoms with Crippen molar-refractivity contribution in [3.63, 3.8) is 0 Å². The summed E-state index contributed by atoms with van der Waals surface area (Å²) in [6, 6.07) is 9.28. The minimum Gasteiger partial charge on any atom is -0.274 e. The van der Waals surface area contributed by atoms with E-state index in [0.29, 0.717) is 11.8 Å². The SMILES string of the molecule is O=C(Cc1ccccc1)N1C(=O)[C@@H]2[C@H]3C=C[C@@H]([C@@H]4C[C@@H]34)[C@H]2C1=O. The first kappa shape index (κ1) is 13.2. The van der Waals surface area contributed by atoms with Crippen LogP contribution in [0.1, 0.15) is 12.0 Å². The standard InChI is InChI=1S/C19H17NO3/c21-15(8-10-4-2-1-3-5-10)20-18(22)16-11-6-7-12(14-9-13(11)14)17(16)19(20)23/h1-7,11-14,16-17H,8-9H2/t11-,12-,13-,14-,16+,17+/m0/s1. The van der Waals surface area contributed by atoms with Crippen LogP contribution in [0.15, 0.2) is 42.5 Å². The monoisotopic (exact) mass is 307 g/mol. The zero-order chi connectivity index (χ0) is 15.7. The van der Waals surface area contributed by atoms with Crippen LogP contribution in [0.25, 0.3) is 0 Å². The molecule has 4 heteroatoms. The van der Waals surface area contributed by atoms with Crippen molar-refractivity contribution < 1.29 is 14.4 Å². The molecule has 1 aromatic carbocycles. The van der Waals surface area contributed by atoms with Crippen LogP contribution in [0.2, 0.25) is 0 Å². The first-order valence-electron chi connectivity index (χ1n) is 8.29. The van der Waals surface area contributed by atoms with E-state index in [2.05, 4.69) is 12.2 Å². The van der Waals surface area contributed by atoms with Gasteiger partial charge in [0.25, 0.3) is 0 Å². The number of nitrogens with zero attached hydrogens (tertiary/aromatic N) is 1. The third-order valence-corrected chi connectivity index (χ3v) is 6.11. The number of hydrogen-bond acceptors (Lipinski definition) is 3. The molecule has 3 amide bonds. The minimum absolute atomic E-state index is 0.105. The summed E-state index contributed by atoms with van der Waals surface area (Å²) in [5, 5.41) is 0. The van der Waals surface area contributed by atoms with Crippen LogP contribution in [0.5, 0.6) is 0 Å². The molecule has 1 aromatic rings. The molecule has 23 heavy (non-hydrogen) atoms. The summed E-state index contributed by atoms with van der Waals surface area (Å²) in [6.45, 7) is 0. The number of benzene rings is 1. The maximum atomic E-state index is 12.8. The Kier molecular flexibility index (Phi) is 2.53. The molecule has 2 bridgehead atoms. The normalized spacial score (nSPS) is 39.4. The third-order valence-electron chi connectivity index (χ3n) is 6.11. The van der Waals surface area contributed by atoms with E-state index in [1.54, 1.807) is 0 Å². The Bertz CT molecular complexity index is 717. The lowest BCUT2D eigenvalue weighted by Gasteiger charge is -2.37. The van der Waals surface area contributed by atoms with Gasteiger partial charge in [0.05, 0.1) is 18.3 Å². The molecule has 6 rings (SSSR count). The lowest BCUT2D eigenvalue weighted by atomic mass is 9.63. The first-order chi connectivity index (χ1) is 11.2. The highest BCUT2D eigenvalue weighted by Crippen LogP contribution is 2.65. The van der Waals surface area contributed by atoms with Crippen LogP contribution in [0.4, 0.5) is 0 Å². The smallest absolute Gasteiger partial charge is 0.240 e. The fraction of sp³-hybridized carbons (Fsp3) is 0.421. The first-order valence-corrected chi connectivity index (χ1v) is 8.29. The van der Waals surface area contributed by atoms with Crippen LogP contribution >= 0.6 is 0 Å². The second-order valence-corrected chi connectivity index (χ2v) is 7.22. The van der Waals surface area contributed by atoms with E-state index in [9.17, 15) is 14.4 Å². The Balaban J connectivity index is 1.44. The van der Waals surface area contributed by atoms with Crippen molar-refractivity contribution >= 4 is 17.7 Å². The van der Waals surface area contributed by atoms with Crippen molar-refractivity contribution in [1.82, 2.24) is 4.90 Å². The van der Waals surface area contributed by atoms with E-state index in [0.717, 1.165) is 16.9 Å². The summed E-state index contributed by atoms with van der Waals surface area (Å²) in [5.74, 6) is -0.0202. The molecule has 4 nitrogen and oxygen atoms in total. The molecular formula is C19H17NO3. The van der Waals surface area contributed by atoms with Crippen molar-refractivity contribution in [2.45, 2.75) is 12.8 Å². The highest BCUT2D eigenvalue weighted by atomic mass is 16.2. The van der Waals surface area contributed by atoms with Gasteiger partial charge in [0, 0.05) is 0 Å². The van der Waals surface area contributed by atoms with Gasteiger partial charge >= 0.3 is 0 Å². The Hall–Kier alpha value is -2.23. The molecule has 0 N–H and O–H groups in total. The van der Waals surface area contributed by atoms with Crippen LogP contribution in [0, 0.1) is 35.5 Å². The molecule has 5 aliphatic rings. The van der Waals surface area contributed by atoms with Crippen molar-refractivity contribution in [2.75, 3.05) is 0 Å². The van der Waals surface area contributed by atoms with Crippen molar-refractivity contribution in [2.24, 2.45) is 35.5 Å². The van der Waals surface area contributed by atoms with Gasteiger partial charge in [-0.2, -0.15) is 0 Å². The predicted octanol–water partition coefficient (Wildman–Crippen LogP) is 1.81. The lowest BCUT2D eigenvalue weighted by molar-refractivity contribution is -0.150. The molecule has 1 aliphatic heterocycles. The van der Waals surface area contributed by atoms with Crippen LogP contribution in [-0.4, -0.2) is 22.6 Å². The van der Waals surface area contributed by atoms with Gasteiger partial charge in [-0.3, -0.25) is 14.4 Å². The van der Waals surface area contributed by atoms with Gasteiger partial charge in [-0.05, 0) is 35.7 Å². The Labute approximate surface area is 134 Å². The fourth-order valence-corrected chi connectivity index (χ4v) is 5.05. The molecular weight excluding hydrogens is 290 g/mol. The molecule has 1 saturated heterocycles. The topological polar surface area (TPSA) is 54.5 Å². The number of allylic oxidation sites excluding steroid dienone is 2. The highest BCUT2D eigenvalue weighted by molar-refractivity contribution is 6.18. The largest absolute Gasteiger partial charge is 0.274 e. The average Bonchev–Trinajstić information content (AvgIpc) is 3.33. The number of carbonyl (C=O) groups excluding carboxylic acids is 3. The molecule has 1 heterocycles. The van der Waals surface area contributed by atoms with E-state index in [4.69, 9.17) is 0 Å². The van der Waals surface area contributed by atoms with Gasteiger partial charge in [-0.25, -0.2) is 4.90 Å². The van der Waals surface area contributed by atoms with E-state index < -0.39 is 0 Å². The summed E-state index contributed by atoms with van der Waals surface area (Å²) in [4.78, 5) is 39.1. The maximum absolute atomic E-state index is 12.8. The molecule has 0 aromatic heterocycles. The van der Waals surface area contributed by atoms with Gasteiger partial charge in [-0.1, -0.05) is 42.5 Å². The quantitative estimate of drug-likeness (QED) is 0.618. The number of likely N-dealkylation sites (tertiary alicyclic amines) is 1. The summed E-state index contributed by atoms with van der Waals surface area (Å²) in [7, 11) is 0. The van der Waals surface area contributed by atoms with E-state index >= 15 is 0 Å². The molecule has 2 saturated carbocycles. The Morgan fingerprint density at radius 3 is 2.09 bits per heavy atom. The van der Waals surface area contributed by atoms with Crippen molar-refractivity contribution in [3.05, 3.63) is 48.0 Å². The minimum atomic E-state index is -0.381. The zero-order valence-corrected chi connectivity index (χ0v) is 12.6. The molecule has 6 atom stereocenters. The molecule has 116 valence electrons. The van der Waals surface area contributed by atoms with Gasteiger partial charge in [0.15, 0.2) is 0 Å². The van der Waals surface area contributed by atoms with E-state index in [-0.39, 0.29) is 47.8 Å². The summed E-state index contributed by atoms with van der Waals surface area (Å²) in [5.41, 5.74) is 0.830.